The molecule has 0 aliphatic heterocycles. The Morgan fingerprint density at radius 2 is 2.00 bits per heavy atom. The third-order valence-electron chi connectivity index (χ3n) is 1.69. The van der Waals surface area contributed by atoms with Crippen molar-refractivity contribution in [2.45, 2.75) is 33.3 Å². The SMILES string of the molecule is Cc1noc(NC(=O)OC(C)(C)C)c1C(=O)O. The summed E-state index contributed by atoms with van der Waals surface area (Å²) in [6, 6.07) is 0. The molecule has 1 heterocycles. The van der Waals surface area contributed by atoms with E-state index in [0.717, 1.165) is 0 Å². The summed E-state index contributed by atoms with van der Waals surface area (Å²) in [5.74, 6) is -1.46. The minimum Gasteiger partial charge on any atom is -0.477 e. The first-order chi connectivity index (χ1) is 7.70. The minimum atomic E-state index is -1.23. The number of nitrogens with zero attached hydrogens (tertiary/aromatic N) is 1. The predicted molar refractivity (Wildman–Crippen MR) is 58.1 cm³/mol. The van der Waals surface area contributed by atoms with Crippen molar-refractivity contribution >= 4 is 17.9 Å². The zero-order valence-corrected chi connectivity index (χ0v) is 10.0. The monoisotopic (exact) mass is 242 g/mol. The molecule has 94 valence electrons. The Bertz CT molecular complexity index is 444. The molecule has 0 fully saturated rings. The third-order valence-corrected chi connectivity index (χ3v) is 1.69. The van der Waals surface area contributed by atoms with Crippen LogP contribution in [-0.2, 0) is 4.74 Å². The number of ether oxygens (including phenoxy) is 1. The minimum absolute atomic E-state index is 0.184. The van der Waals surface area contributed by atoms with Gasteiger partial charge in [-0.25, -0.2) is 9.59 Å². The number of hydrogen-bond donors (Lipinski definition) is 2. The Morgan fingerprint density at radius 1 is 1.41 bits per heavy atom. The van der Waals surface area contributed by atoms with Crippen LogP contribution in [0.4, 0.5) is 10.7 Å². The van der Waals surface area contributed by atoms with Crippen molar-refractivity contribution < 1.29 is 24.0 Å². The van der Waals surface area contributed by atoms with Crippen molar-refractivity contribution in [3.8, 4) is 0 Å². The van der Waals surface area contributed by atoms with Crippen molar-refractivity contribution in [2.75, 3.05) is 5.32 Å². The molecule has 0 spiro atoms. The van der Waals surface area contributed by atoms with Crippen LogP contribution >= 0.6 is 0 Å². The molecule has 0 atom stereocenters. The van der Waals surface area contributed by atoms with Crippen LogP contribution in [0.25, 0.3) is 0 Å². The largest absolute Gasteiger partial charge is 0.477 e. The summed E-state index contributed by atoms with van der Waals surface area (Å²) in [4.78, 5) is 22.3. The highest BCUT2D eigenvalue weighted by Crippen LogP contribution is 2.20. The summed E-state index contributed by atoms with van der Waals surface area (Å²) in [7, 11) is 0. The van der Waals surface area contributed by atoms with E-state index in [2.05, 4.69) is 10.5 Å². The van der Waals surface area contributed by atoms with E-state index in [1.54, 1.807) is 20.8 Å². The molecule has 0 unspecified atom stereocenters. The molecule has 0 aliphatic carbocycles. The molecular weight excluding hydrogens is 228 g/mol. The van der Waals surface area contributed by atoms with Gasteiger partial charge in [-0.1, -0.05) is 5.16 Å². The maximum atomic E-state index is 11.4. The molecule has 0 radical (unpaired) electrons. The molecule has 1 amide bonds. The van der Waals surface area contributed by atoms with Crippen molar-refractivity contribution in [3.63, 3.8) is 0 Å². The fraction of sp³-hybridized carbons (Fsp3) is 0.500. The number of amides is 1. The second-order valence-electron chi connectivity index (χ2n) is 4.40. The highest BCUT2D eigenvalue weighted by atomic mass is 16.6. The van der Waals surface area contributed by atoms with Crippen LogP contribution in [0.2, 0.25) is 0 Å². The van der Waals surface area contributed by atoms with Crippen LogP contribution < -0.4 is 5.32 Å². The van der Waals surface area contributed by atoms with E-state index in [0.29, 0.717) is 0 Å². The van der Waals surface area contributed by atoms with E-state index in [1.165, 1.54) is 6.92 Å². The average Bonchev–Trinajstić information content (AvgIpc) is 2.42. The lowest BCUT2D eigenvalue weighted by Crippen LogP contribution is -2.27. The molecule has 7 nitrogen and oxygen atoms in total. The Labute approximate surface area is 97.7 Å². The van der Waals surface area contributed by atoms with Crippen LogP contribution in [0.15, 0.2) is 4.52 Å². The van der Waals surface area contributed by atoms with Gasteiger partial charge in [0.05, 0.1) is 5.69 Å². The normalized spacial score (nSPS) is 11.1. The summed E-state index contributed by atoms with van der Waals surface area (Å²) < 4.78 is 9.65. The van der Waals surface area contributed by atoms with Gasteiger partial charge in [0.1, 0.15) is 11.2 Å². The third kappa shape index (κ3) is 3.47. The van der Waals surface area contributed by atoms with Gasteiger partial charge >= 0.3 is 12.1 Å². The quantitative estimate of drug-likeness (QED) is 0.822. The predicted octanol–water partition coefficient (Wildman–Crippen LogP) is 2.03. The van der Waals surface area contributed by atoms with Crippen LogP contribution in [-0.4, -0.2) is 27.9 Å². The maximum absolute atomic E-state index is 11.4. The van der Waals surface area contributed by atoms with Crippen molar-refractivity contribution in [1.82, 2.24) is 5.16 Å². The second-order valence-corrected chi connectivity index (χ2v) is 4.40. The van der Waals surface area contributed by atoms with Gasteiger partial charge in [-0.15, -0.1) is 0 Å². The first-order valence-electron chi connectivity index (χ1n) is 4.90. The number of anilines is 1. The number of nitrogens with one attached hydrogen (secondary N) is 1. The van der Waals surface area contributed by atoms with E-state index < -0.39 is 17.7 Å². The number of carboxylic acids is 1. The molecule has 0 aliphatic rings. The Kier molecular flexibility index (Phi) is 3.40. The molecule has 0 saturated carbocycles. The summed E-state index contributed by atoms with van der Waals surface area (Å²) in [6.45, 7) is 6.54. The summed E-state index contributed by atoms with van der Waals surface area (Å²) >= 11 is 0. The Balaban J connectivity index is 2.83. The number of aromatic carboxylic acids is 1. The number of aromatic nitrogens is 1. The molecule has 1 rings (SSSR count). The van der Waals surface area contributed by atoms with Gasteiger partial charge < -0.3 is 14.4 Å². The summed E-state index contributed by atoms with van der Waals surface area (Å²) in [5, 5.41) is 14.5. The molecule has 2 N–H and O–H groups in total. The lowest BCUT2D eigenvalue weighted by atomic mass is 10.2. The van der Waals surface area contributed by atoms with E-state index in [9.17, 15) is 9.59 Å². The van der Waals surface area contributed by atoms with Gasteiger partial charge in [-0.3, -0.25) is 5.32 Å². The molecule has 0 saturated heterocycles. The number of carboxylic acid groups (broad SMARTS) is 1. The topological polar surface area (TPSA) is 102 Å². The van der Waals surface area contributed by atoms with Gasteiger partial charge in [0, 0.05) is 0 Å². The van der Waals surface area contributed by atoms with Crippen molar-refractivity contribution in [3.05, 3.63) is 11.3 Å². The molecule has 7 heteroatoms. The maximum Gasteiger partial charge on any atom is 0.414 e. The van der Waals surface area contributed by atoms with E-state index >= 15 is 0 Å². The number of carbonyl (C=O) groups is 2. The Hall–Kier alpha value is -2.05. The van der Waals surface area contributed by atoms with Gasteiger partial charge in [0.2, 0.25) is 5.88 Å². The molecule has 0 aromatic carbocycles. The molecular formula is C10H14N2O5. The Morgan fingerprint density at radius 3 is 2.47 bits per heavy atom. The summed E-state index contributed by atoms with van der Waals surface area (Å²) in [6.07, 6.45) is -0.795. The first-order valence-corrected chi connectivity index (χ1v) is 4.90. The smallest absolute Gasteiger partial charge is 0.414 e. The molecule has 1 aromatic rings. The van der Waals surface area contributed by atoms with Crippen molar-refractivity contribution in [2.24, 2.45) is 0 Å². The van der Waals surface area contributed by atoms with E-state index in [4.69, 9.17) is 14.4 Å². The number of rotatable bonds is 2. The van der Waals surface area contributed by atoms with Gasteiger partial charge in [-0.05, 0) is 27.7 Å². The van der Waals surface area contributed by atoms with Crippen molar-refractivity contribution in [1.29, 1.82) is 0 Å². The number of carbonyl (C=O) groups excluding carboxylic acids is 1. The number of hydrogen-bond acceptors (Lipinski definition) is 5. The highest BCUT2D eigenvalue weighted by molar-refractivity contribution is 5.97. The highest BCUT2D eigenvalue weighted by Gasteiger charge is 2.24. The van der Waals surface area contributed by atoms with Gasteiger partial charge in [0.25, 0.3) is 0 Å². The summed E-state index contributed by atoms with van der Waals surface area (Å²) in [5.41, 5.74) is -0.679. The lowest BCUT2D eigenvalue weighted by molar-refractivity contribution is 0.0631. The fourth-order valence-corrected chi connectivity index (χ4v) is 1.10. The first kappa shape index (κ1) is 13.0. The van der Waals surface area contributed by atoms with E-state index in [1.807, 2.05) is 0 Å². The number of aryl methyl sites for hydroxylation is 1. The van der Waals surface area contributed by atoms with Gasteiger partial charge in [-0.2, -0.15) is 0 Å². The van der Waals surface area contributed by atoms with Crippen LogP contribution in [0.1, 0.15) is 36.8 Å². The van der Waals surface area contributed by atoms with Crippen LogP contribution in [0.5, 0.6) is 0 Å². The molecule has 17 heavy (non-hydrogen) atoms. The lowest BCUT2D eigenvalue weighted by Gasteiger charge is -2.18. The van der Waals surface area contributed by atoms with Crippen LogP contribution in [0, 0.1) is 6.92 Å². The average molecular weight is 242 g/mol. The zero-order chi connectivity index (χ0) is 13.2. The van der Waals surface area contributed by atoms with Gasteiger partial charge in [0.15, 0.2) is 0 Å². The standard InChI is InChI=1S/C10H14N2O5/c1-5-6(8(13)14)7(17-12-5)11-9(15)16-10(2,3)4/h1-4H3,(H,11,15)(H,13,14). The second kappa shape index (κ2) is 4.44. The van der Waals surface area contributed by atoms with Crippen LogP contribution in [0.3, 0.4) is 0 Å². The zero-order valence-electron chi connectivity index (χ0n) is 10.0. The molecule has 1 aromatic heterocycles. The fourth-order valence-electron chi connectivity index (χ4n) is 1.10. The molecule has 0 bridgehead atoms. The van der Waals surface area contributed by atoms with E-state index in [-0.39, 0.29) is 17.1 Å².